The van der Waals surface area contributed by atoms with E-state index < -0.39 is 5.91 Å². The van der Waals surface area contributed by atoms with Gasteiger partial charge in [-0.25, -0.2) is 4.99 Å². The highest BCUT2D eigenvalue weighted by atomic mass is 127. The number of nitrogens with one attached hydrogen (secondary N) is 2. The number of carbonyl (C=O) groups is 1. The molecule has 2 aromatic rings. The Hall–Kier alpha value is -2.03. The maximum atomic E-state index is 11.2. The maximum absolute atomic E-state index is 11.2. The number of hydrogen-bond donors (Lipinski definition) is 3. The zero-order valence-corrected chi connectivity index (χ0v) is 15.9. The molecule has 2 rings (SSSR count). The first-order valence-electron chi connectivity index (χ1n) is 7.62. The maximum Gasteiger partial charge on any atom is 0.248 e. The van der Waals surface area contributed by atoms with Crippen LogP contribution in [0.4, 0.5) is 0 Å². The van der Waals surface area contributed by atoms with Gasteiger partial charge < -0.3 is 20.8 Å². The van der Waals surface area contributed by atoms with E-state index in [0.717, 1.165) is 36.8 Å². The number of aliphatic imine (C=N–C) groups is 1. The average Bonchev–Trinajstić information content (AvgIpc) is 3.06. The number of primary amides is 1. The molecule has 0 saturated heterocycles. The van der Waals surface area contributed by atoms with Crippen LogP contribution < -0.4 is 16.4 Å². The summed E-state index contributed by atoms with van der Waals surface area (Å²) in [5.41, 5.74) is 6.72. The first-order valence-corrected chi connectivity index (χ1v) is 7.62. The van der Waals surface area contributed by atoms with Gasteiger partial charge in [-0.3, -0.25) is 4.79 Å². The smallest absolute Gasteiger partial charge is 0.248 e. The topological polar surface area (TPSA) is 92.6 Å². The number of nitrogens with two attached hydrogens (primary N) is 1. The molecule has 24 heavy (non-hydrogen) atoms. The molecule has 6 nitrogen and oxygen atoms in total. The van der Waals surface area contributed by atoms with Crippen molar-refractivity contribution in [2.45, 2.75) is 19.9 Å². The van der Waals surface area contributed by atoms with E-state index in [9.17, 15) is 4.79 Å². The predicted molar refractivity (Wildman–Crippen MR) is 106 cm³/mol. The van der Waals surface area contributed by atoms with Gasteiger partial charge in [0, 0.05) is 25.1 Å². The molecule has 0 aliphatic carbocycles. The molecular weight excluding hydrogens is 419 g/mol. The summed E-state index contributed by atoms with van der Waals surface area (Å²) in [5, 5.41) is 6.44. The van der Waals surface area contributed by atoms with Gasteiger partial charge in [-0.05, 0) is 36.8 Å². The molecule has 0 unspecified atom stereocenters. The molecule has 0 radical (unpaired) electrons. The second-order valence-electron chi connectivity index (χ2n) is 5.02. The molecule has 0 saturated carbocycles. The third-order valence-electron chi connectivity index (χ3n) is 3.22. The Kier molecular flexibility index (Phi) is 8.92. The van der Waals surface area contributed by atoms with Crippen LogP contribution >= 0.6 is 24.0 Å². The number of benzene rings is 1. The Morgan fingerprint density at radius 1 is 1.25 bits per heavy atom. The van der Waals surface area contributed by atoms with Crippen molar-refractivity contribution < 1.29 is 9.21 Å². The lowest BCUT2D eigenvalue weighted by molar-refractivity contribution is 0.1000. The molecule has 0 aliphatic heterocycles. The molecule has 7 heteroatoms. The third-order valence-corrected chi connectivity index (χ3v) is 3.22. The largest absolute Gasteiger partial charge is 0.469 e. The van der Waals surface area contributed by atoms with E-state index in [1.54, 1.807) is 18.4 Å². The van der Waals surface area contributed by atoms with Crippen LogP contribution in [0.2, 0.25) is 0 Å². The van der Waals surface area contributed by atoms with E-state index in [1.807, 2.05) is 31.2 Å². The number of amides is 1. The summed E-state index contributed by atoms with van der Waals surface area (Å²) in [7, 11) is 0. The minimum atomic E-state index is -0.431. The summed E-state index contributed by atoms with van der Waals surface area (Å²) in [6.45, 7) is 3.98. The molecule has 0 spiro atoms. The van der Waals surface area contributed by atoms with E-state index in [2.05, 4.69) is 15.6 Å². The number of rotatable bonds is 7. The minimum Gasteiger partial charge on any atom is -0.469 e. The van der Waals surface area contributed by atoms with Gasteiger partial charge in [0.25, 0.3) is 0 Å². The number of furan rings is 1. The van der Waals surface area contributed by atoms with Gasteiger partial charge in [0.2, 0.25) is 5.91 Å². The molecule has 1 aromatic carbocycles. The summed E-state index contributed by atoms with van der Waals surface area (Å²) in [6, 6.07) is 11.0. The van der Waals surface area contributed by atoms with Crippen molar-refractivity contribution in [2.75, 3.05) is 13.1 Å². The van der Waals surface area contributed by atoms with Crippen molar-refractivity contribution in [1.82, 2.24) is 10.6 Å². The van der Waals surface area contributed by atoms with Crippen LogP contribution in [-0.2, 0) is 13.0 Å². The average molecular weight is 442 g/mol. The van der Waals surface area contributed by atoms with Crippen LogP contribution in [0, 0.1) is 0 Å². The lowest BCUT2D eigenvalue weighted by Crippen LogP contribution is -2.38. The van der Waals surface area contributed by atoms with Crippen LogP contribution in [-0.4, -0.2) is 25.0 Å². The van der Waals surface area contributed by atoms with Gasteiger partial charge in [-0.2, -0.15) is 0 Å². The SMILES string of the molecule is CCNC(=NCc1cccc(C(N)=O)c1)NCCc1ccco1.I. The van der Waals surface area contributed by atoms with Crippen LogP contribution in [0.15, 0.2) is 52.1 Å². The molecule has 4 N–H and O–H groups in total. The van der Waals surface area contributed by atoms with Crippen molar-refractivity contribution in [3.05, 3.63) is 59.5 Å². The number of guanidine groups is 1. The number of halogens is 1. The highest BCUT2D eigenvalue weighted by molar-refractivity contribution is 14.0. The summed E-state index contributed by atoms with van der Waals surface area (Å²) < 4.78 is 5.30. The Balaban J connectivity index is 0.00000288. The van der Waals surface area contributed by atoms with E-state index in [-0.39, 0.29) is 24.0 Å². The zero-order valence-electron chi connectivity index (χ0n) is 13.6. The predicted octanol–water partition coefficient (Wildman–Crippen LogP) is 2.29. The van der Waals surface area contributed by atoms with Crippen molar-refractivity contribution in [1.29, 1.82) is 0 Å². The first kappa shape index (κ1) is 20.0. The summed E-state index contributed by atoms with van der Waals surface area (Å²) in [6.07, 6.45) is 2.45. The van der Waals surface area contributed by atoms with E-state index >= 15 is 0 Å². The van der Waals surface area contributed by atoms with Crippen LogP contribution in [0.1, 0.15) is 28.6 Å². The molecule has 1 amide bonds. The molecule has 0 bridgehead atoms. The van der Waals surface area contributed by atoms with Gasteiger partial charge in [-0.15, -0.1) is 24.0 Å². The Labute approximate surface area is 158 Å². The fraction of sp³-hybridized carbons (Fsp3) is 0.294. The summed E-state index contributed by atoms with van der Waals surface area (Å²) in [5.74, 6) is 1.23. The number of hydrogen-bond acceptors (Lipinski definition) is 3. The van der Waals surface area contributed by atoms with E-state index in [4.69, 9.17) is 10.2 Å². The zero-order chi connectivity index (χ0) is 16.5. The fourth-order valence-electron chi connectivity index (χ4n) is 2.09. The van der Waals surface area contributed by atoms with Crippen LogP contribution in [0.5, 0.6) is 0 Å². The van der Waals surface area contributed by atoms with Gasteiger partial charge in [-0.1, -0.05) is 12.1 Å². The molecule has 0 fully saturated rings. The second-order valence-corrected chi connectivity index (χ2v) is 5.02. The van der Waals surface area contributed by atoms with Crippen molar-refractivity contribution >= 4 is 35.8 Å². The quantitative estimate of drug-likeness (QED) is 0.349. The van der Waals surface area contributed by atoms with Gasteiger partial charge in [0.15, 0.2) is 5.96 Å². The Bertz CT molecular complexity index is 656. The molecule has 1 heterocycles. The van der Waals surface area contributed by atoms with Gasteiger partial charge in [0.1, 0.15) is 5.76 Å². The Morgan fingerprint density at radius 2 is 2.08 bits per heavy atom. The first-order chi connectivity index (χ1) is 11.2. The number of carbonyl (C=O) groups excluding carboxylic acids is 1. The molecular formula is C17H23IN4O2. The van der Waals surface area contributed by atoms with Gasteiger partial charge in [0.05, 0.1) is 12.8 Å². The lowest BCUT2D eigenvalue weighted by Gasteiger charge is -2.10. The second kappa shape index (κ2) is 10.7. The minimum absolute atomic E-state index is 0. The standard InChI is InChI=1S/C17H22N4O2.HI/c1-2-19-17(20-9-8-15-7-4-10-23-15)21-12-13-5-3-6-14(11-13)16(18)22;/h3-7,10-11H,2,8-9,12H2,1H3,(H2,18,22)(H2,19,20,21);1H. The highest BCUT2D eigenvalue weighted by Gasteiger charge is 2.02. The van der Waals surface area contributed by atoms with Crippen molar-refractivity contribution in [3.63, 3.8) is 0 Å². The fourth-order valence-corrected chi connectivity index (χ4v) is 2.09. The monoisotopic (exact) mass is 442 g/mol. The van der Waals surface area contributed by atoms with Crippen molar-refractivity contribution in [2.24, 2.45) is 10.7 Å². The van der Waals surface area contributed by atoms with E-state index in [0.29, 0.717) is 12.1 Å². The third kappa shape index (κ3) is 6.61. The van der Waals surface area contributed by atoms with Gasteiger partial charge >= 0.3 is 0 Å². The summed E-state index contributed by atoms with van der Waals surface area (Å²) >= 11 is 0. The van der Waals surface area contributed by atoms with Crippen LogP contribution in [0.3, 0.4) is 0 Å². The Morgan fingerprint density at radius 3 is 2.75 bits per heavy atom. The molecule has 130 valence electrons. The van der Waals surface area contributed by atoms with Crippen LogP contribution in [0.25, 0.3) is 0 Å². The van der Waals surface area contributed by atoms with E-state index in [1.165, 1.54) is 0 Å². The normalized spacial score (nSPS) is 10.8. The highest BCUT2D eigenvalue weighted by Crippen LogP contribution is 2.06. The molecule has 1 aromatic heterocycles. The number of nitrogens with zero attached hydrogens (tertiary/aromatic N) is 1. The van der Waals surface area contributed by atoms with Crippen molar-refractivity contribution in [3.8, 4) is 0 Å². The molecule has 0 atom stereocenters. The summed E-state index contributed by atoms with van der Waals surface area (Å²) in [4.78, 5) is 15.7. The molecule has 0 aliphatic rings. The lowest BCUT2D eigenvalue weighted by atomic mass is 10.1.